The van der Waals surface area contributed by atoms with Crippen LogP contribution in [0.15, 0.2) is 50.2 Å². The van der Waals surface area contributed by atoms with Gasteiger partial charge in [0, 0.05) is 15.0 Å². The Morgan fingerprint density at radius 2 is 1.70 bits per heavy atom. The summed E-state index contributed by atoms with van der Waals surface area (Å²) in [7, 11) is -4.04. The molecule has 20 heavy (non-hydrogen) atoms. The smallest absolute Gasteiger partial charge is 0.263 e. The topological polar surface area (TPSA) is 46.2 Å². The first-order chi connectivity index (χ1) is 9.29. The molecule has 8 heteroatoms. The van der Waals surface area contributed by atoms with Crippen molar-refractivity contribution in [2.45, 2.75) is 4.90 Å². The predicted molar refractivity (Wildman–Crippen MR) is 79.0 cm³/mol. The van der Waals surface area contributed by atoms with Gasteiger partial charge in [-0.05, 0) is 46.3 Å². The molecule has 2 aromatic rings. The van der Waals surface area contributed by atoms with Gasteiger partial charge in [-0.15, -0.1) is 0 Å². The molecule has 2 aromatic carbocycles. The number of hydrogen-bond donors (Lipinski definition) is 1. The van der Waals surface area contributed by atoms with Crippen molar-refractivity contribution >= 4 is 47.6 Å². The van der Waals surface area contributed by atoms with Crippen molar-refractivity contribution in [1.29, 1.82) is 0 Å². The lowest BCUT2D eigenvalue weighted by Crippen LogP contribution is -2.14. The third kappa shape index (κ3) is 3.36. The Morgan fingerprint density at radius 3 is 2.40 bits per heavy atom. The van der Waals surface area contributed by atoms with Crippen LogP contribution in [0.2, 0.25) is 0 Å². The van der Waals surface area contributed by atoms with E-state index in [1.807, 2.05) is 4.72 Å². The number of nitrogens with one attached hydrogen (secondary N) is 1. The average Bonchev–Trinajstić information content (AvgIpc) is 2.36. The maximum atomic E-state index is 13.5. The summed E-state index contributed by atoms with van der Waals surface area (Å²) >= 11 is 6.26. The molecular weight excluding hydrogens is 420 g/mol. The first-order valence-electron chi connectivity index (χ1n) is 5.22. The molecule has 0 aromatic heterocycles. The Kier molecular flexibility index (Phi) is 4.46. The molecule has 0 aliphatic heterocycles. The summed E-state index contributed by atoms with van der Waals surface area (Å²) in [6.07, 6.45) is 0. The third-order valence-corrected chi connectivity index (χ3v) is 5.21. The van der Waals surface area contributed by atoms with Crippen LogP contribution in [0.4, 0.5) is 14.5 Å². The van der Waals surface area contributed by atoms with Crippen molar-refractivity contribution in [3.05, 3.63) is 57.0 Å². The normalized spacial score (nSPS) is 11.4. The number of halogens is 4. The van der Waals surface area contributed by atoms with Gasteiger partial charge in [0.15, 0.2) is 0 Å². The monoisotopic (exact) mass is 425 g/mol. The van der Waals surface area contributed by atoms with Crippen LogP contribution in [-0.2, 0) is 10.0 Å². The molecule has 0 amide bonds. The van der Waals surface area contributed by atoms with Crippen molar-refractivity contribution in [1.82, 2.24) is 0 Å². The summed E-state index contributed by atoms with van der Waals surface area (Å²) < 4.78 is 53.8. The SMILES string of the molecule is O=S(=O)(Nc1cc(F)ccc1F)c1cc(Br)ccc1Br. The van der Waals surface area contributed by atoms with E-state index in [4.69, 9.17) is 0 Å². The molecule has 106 valence electrons. The van der Waals surface area contributed by atoms with Crippen LogP contribution in [0.1, 0.15) is 0 Å². The average molecular weight is 427 g/mol. The second kappa shape index (κ2) is 5.79. The van der Waals surface area contributed by atoms with Crippen LogP contribution in [0.3, 0.4) is 0 Å². The Morgan fingerprint density at radius 1 is 1.00 bits per heavy atom. The van der Waals surface area contributed by atoms with Crippen LogP contribution in [0, 0.1) is 11.6 Å². The number of benzene rings is 2. The molecule has 0 fully saturated rings. The second-order valence-corrected chi connectivity index (χ2v) is 7.23. The molecule has 3 nitrogen and oxygen atoms in total. The van der Waals surface area contributed by atoms with Crippen molar-refractivity contribution < 1.29 is 17.2 Å². The first-order valence-corrected chi connectivity index (χ1v) is 8.29. The Labute approximate surface area is 131 Å². The molecule has 2 rings (SSSR count). The Hall–Kier alpha value is -0.990. The van der Waals surface area contributed by atoms with Crippen molar-refractivity contribution in [2.75, 3.05) is 4.72 Å². The van der Waals surface area contributed by atoms with Crippen LogP contribution < -0.4 is 4.72 Å². The van der Waals surface area contributed by atoms with E-state index in [-0.39, 0.29) is 4.90 Å². The minimum Gasteiger partial charge on any atom is -0.277 e. The van der Waals surface area contributed by atoms with E-state index in [2.05, 4.69) is 31.9 Å². The molecule has 0 heterocycles. The summed E-state index contributed by atoms with van der Waals surface area (Å²) in [5.74, 6) is -1.60. The summed E-state index contributed by atoms with van der Waals surface area (Å²) in [6, 6.07) is 7.06. The second-order valence-electron chi connectivity index (χ2n) is 3.80. The van der Waals surface area contributed by atoms with Crippen molar-refractivity contribution in [2.24, 2.45) is 0 Å². The fourth-order valence-electron chi connectivity index (χ4n) is 1.46. The molecule has 0 atom stereocenters. The summed E-state index contributed by atoms with van der Waals surface area (Å²) in [6.45, 7) is 0. The molecular formula is C12H7Br2F2NO2S. The molecule has 0 unspecified atom stereocenters. The van der Waals surface area contributed by atoms with Gasteiger partial charge in [-0.3, -0.25) is 4.72 Å². The molecule has 0 saturated carbocycles. The fourth-order valence-corrected chi connectivity index (χ4v) is 4.02. The first kappa shape index (κ1) is 15.4. The highest BCUT2D eigenvalue weighted by Gasteiger charge is 2.20. The van der Waals surface area contributed by atoms with E-state index in [0.717, 1.165) is 18.2 Å². The van der Waals surface area contributed by atoms with Gasteiger partial charge in [-0.2, -0.15) is 0 Å². The molecule has 1 N–H and O–H groups in total. The lowest BCUT2D eigenvalue weighted by molar-refractivity contribution is 0.594. The maximum absolute atomic E-state index is 13.5. The minimum absolute atomic E-state index is 0.0875. The maximum Gasteiger partial charge on any atom is 0.263 e. The van der Waals surface area contributed by atoms with Crippen molar-refractivity contribution in [3.63, 3.8) is 0 Å². The quantitative estimate of drug-likeness (QED) is 0.795. The standard InChI is InChI=1S/C12H7Br2F2NO2S/c13-7-1-3-9(14)12(5-7)20(18,19)17-11-6-8(15)2-4-10(11)16/h1-6,17H. The van der Waals surface area contributed by atoms with E-state index < -0.39 is 27.3 Å². The van der Waals surface area contributed by atoms with E-state index in [0.29, 0.717) is 8.95 Å². The molecule has 0 bridgehead atoms. The highest BCUT2D eigenvalue weighted by molar-refractivity contribution is 9.11. The van der Waals surface area contributed by atoms with Gasteiger partial charge in [-0.25, -0.2) is 17.2 Å². The van der Waals surface area contributed by atoms with E-state index in [1.165, 1.54) is 12.1 Å². The Bertz CT molecular complexity index is 766. The molecule has 0 radical (unpaired) electrons. The summed E-state index contributed by atoms with van der Waals surface area (Å²) in [5.41, 5.74) is -0.447. The van der Waals surface area contributed by atoms with Crippen LogP contribution in [0.25, 0.3) is 0 Å². The van der Waals surface area contributed by atoms with Gasteiger partial charge in [0.2, 0.25) is 0 Å². The fraction of sp³-hybridized carbons (Fsp3) is 0. The number of rotatable bonds is 3. The van der Waals surface area contributed by atoms with Gasteiger partial charge in [-0.1, -0.05) is 15.9 Å². The summed E-state index contributed by atoms with van der Waals surface area (Å²) in [4.78, 5) is -0.0875. The Balaban J connectivity index is 2.46. The van der Waals surface area contributed by atoms with Crippen LogP contribution >= 0.6 is 31.9 Å². The van der Waals surface area contributed by atoms with E-state index >= 15 is 0 Å². The number of anilines is 1. The lowest BCUT2D eigenvalue weighted by atomic mass is 10.3. The third-order valence-electron chi connectivity index (χ3n) is 2.36. The van der Waals surface area contributed by atoms with Crippen LogP contribution in [0.5, 0.6) is 0 Å². The zero-order chi connectivity index (χ0) is 14.9. The number of sulfonamides is 1. The zero-order valence-corrected chi connectivity index (χ0v) is 13.7. The van der Waals surface area contributed by atoms with Gasteiger partial charge < -0.3 is 0 Å². The molecule has 0 spiro atoms. The molecule has 0 saturated heterocycles. The largest absolute Gasteiger partial charge is 0.277 e. The molecule has 0 aliphatic rings. The van der Waals surface area contributed by atoms with E-state index in [9.17, 15) is 17.2 Å². The van der Waals surface area contributed by atoms with Gasteiger partial charge in [0.05, 0.1) is 5.69 Å². The van der Waals surface area contributed by atoms with Crippen molar-refractivity contribution in [3.8, 4) is 0 Å². The van der Waals surface area contributed by atoms with Gasteiger partial charge in [0.25, 0.3) is 10.0 Å². The van der Waals surface area contributed by atoms with E-state index in [1.54, 1.807) is 6.07 Å². The van der Waals surface area contributed by atoms with Gasteiger partial charge >= 0.3 is 0 Å². The van der Waals surface area contributed by atoms with Gasteiger partial charge in [0.1, 0.15) is 16.5 Å². The highest BCUT2D eigenvalue weighted by Crippen LogP contribution is 2.28. The number of hydrogen-bond acceptors (Lipinski definition) is 2. The molecule has 0 aliphatic carbocycles. The van der Waals surface area contributed by atoms with Crippen LogP contribution in [-0.4, -0.2) is 8.42 Å². The predicted octanol–water partition coefficient (Wildman–Crippen LogP) is 4.29. The zero-order valence-electron chi connectivity index (χ0n) is 9.70. The summed E-state index contributed by atoms with van der Waals surface area (Å²) in [5, 5.41) is 0. The lowest BCUT2D eigenvalue weighted by Gasteiger charge is -2.10. The minimum atomic E-state index is -4.04. The highest BCUT2D eigenvalue weighted by atomic mass is 79.9.